The van der Waals surface area contributed by atoms with Gasteiger partial charge in [0.05, 0.1) is 0 Å². The summed E-state index contributed by atoms with van der Waals surface area (Å²) in [7, 11) is 0. The minimum Gasteiger partial charge on any atom is -0.351 e. The van der Waals surface area contributed by atoms with Crippen molar-refractivity contribution in [3.05, 3.63) is 0 Å². The molecular weight excluding hydrogens is 212 g/mol. The van der Waals surface area contributed by atoms with Crippen LogP contribution in [0.5, 0.6) is 0 Å². The Hall–Kier alpha value is -1.15. The average Bonchev–Trinajstić information content (AvgIpc) is 2.64. The average molecular weight is 226 g/mol. The molecule has 0 aromatic heterocycles. The van der Waals surface area contributed by atoms with E-state index in [9.17, 15) is 9.59 Å². The van der Waals surface area contributed by atoms with Gasteiger partial charge in [-0.2, -0.15) is 0 Å². The molecule has 1 aliphatic rings. The van der Waals surface area contributed by atoms with Crippen molar-refractivity contribution >= 4 is 22.9 Å². The van der Waals surface area contributed by atoms with Crippen LogP contribution in [0.1, 0.15) is 19.8 Å². The van der Waals surface area contributed by atoms with Gasteiger partial charge in [0, 0.05) is 18.2 Å². The van der Waals surface area contributed by atoms with Crippen molar-refractivity contribution in [3.63, 3.8) is 0 Å². The zero-order chi connectivity index (χ0) is 11.3. The molecule has 4 nitrogen and oxygen atoms in total. The number of amides is 2. The first-order valence-corrected chi connectivity index (χ1v) is 5.83. The quantitative estimate of drug-likeness (QED) is 0.695. The van der Waals surface area contributed by atoms with Gasteiger partial charge in [0.1, 0.15) is 6.04 Å². The third-order valence-electron chi connectivity index (χ3n) is 2.19. The van der Waals surface area contributed by atoms with E-state index in [1.807, 2.05) is 6.92 Å². The molecule has 0 aliphatic carbocycles. The Balaban J connectivity index is 2.41. The summed E-state index contributed by atoms with van der Waals surface area (Å²) in [6.07, 6.45) is 6.50. The zero-order valence-electron chi connectivity index (χ0n) is 8.58. The Bertz CT molecular complexity index is 298. The largest absolute Gasteiger partial charge is 0.351 e. The van der Waals surface area contributed by atoms with Gasteiger partial charge < -0.3 is 10.6 Å². The Labute approximate surface area is 93.6 Å². The fourth-order valence-electron chi connectivity index (χ4n) is 1.27. The molecule has 0 aromatic rings. The van der Waals surface area contributed by atoms with E-state index in [4.69, 9.17) is 6.42 Å². The molecule has 0 radical (unpaired) electrons. The number of carbonyl (C=O) groups is 2. The summed E-state index contributed by atoms with van der Waals surface area (Å²) in [6, 6.07) is -0.403. The number of nitrogens with one attached hydrogen (secondary N) is 2. The molecule has 2 amide bonds. The lowest BCUT2D eigenvalue weighted by Crippen LogP contribution is -2.46. The molecule has 1 fully saturated rings. The number of thioether (sulfide) groups is 1. The molecule has 2 atom stereocenters. The van der Waals surface area contributed by atoms with Crippen LogP contribution >= 0.6 is 11.8 Å². The first kappa shape index (κ1) is 11.9. The van der Waals surface area contributed by atoms with Crippen molar-refractivity contribution in [2.45, 2.75) is 31.8 Å². The number of carbonyl (C=O) groups excluding carboxylic acids is 2. The Morgan fingerprint density at radius 3 is 3.07 bits per heavy atom. The molecular formula is C10H14N2O2S. The van der Waals surface area contributed by atoms with E-state index in [1.165, 1.54) is 0 Å². The molecule has 1 heterocycles. The van der Waals surface area contributed by atoms with Gasteiger partial charge in [0.15, 0.2) is 0 Å². The van der Waals surface area contributed by atoms with Gasteiger partial charge >= 0.3 is 0 Å². The van der Waals surface area contributed by atoms with Crippen LogP contribution < -0.4 is 10.6 Å². The van der Waals surface area contributed by atoms with Crippen molar-refractivity contribution < 1.29 is 9.59 Å². The van der Waals surface area contributed by atoms with Crippen LogP contribution in [0.4, 0.5) is 4.79 Å². The van der Waals surface area contributed by atoms with E-state index in [0.717, 1.165) is 18.2 Å². The lowest BCUT2D eigenvalue weighted by atomic mass is 10.1. The van der Waals surface area contributed by atoms with Gasteiger partial charge in [-0.1, -0.05) is 18.7 Å². The summed E-state index contributed by atoms with van der Waals surface area (Å²) in [5.74, 6) is 2.87. The number of rotatable bonds is 4. The predicted octanol–water partition coefficient (Wildman–Crippen LogP) is 0.729. The highest BCUT2D eigenvalue weighted by molar-refractivity contribution is 8.14. The Kier molecular flexibility index (Phi) is 4.50. The fourth-order valence-corrected chi connectivity index (χ4v) is 2.05. The van der Waals surface area contributed by atoms with E-state index < -0.39 is 6.04 Å². The molecule has 0 saturated carbocycles. The highest BCUT2D eigenvalue weighted by Gasteiger charge is 2.28. The topological polar surface area (TPSA) is 58.2 Å². The van der Waals surface area contributed by atoms with Gasteiger partial charge in [-0.05, 0) is 6.42 Å². The molecule has 2 unspecified atom stereocenters. The minimum absolute atomic E-state index is 0.00463. The van der Waals surface area contributed by atoms with Crippen LogP contribution in [0.3, 0.4) is 0 Å². The standard InChI is InChI=1S/C10H14N2O2S/c1-3-5-7(4-2)11-9(13)8-6-15-10(14)12-8/h1,7-8H,4-6H2,2H3,(H,11,13)(H,12,14). The number of hydrogen-bond donors (Lipinski definition) is 2. The Morgan fingerprint density at radius 1 is 1.87 bits per heavy atom. The first-order valence-electron chi connectivity index (χ1n) is 4.84. The van der Waals surface area contributed by atoms with Crippen LogP contribution in [0.2, 0.25) is 0 Å². The monoisotopic (exact) mass is 226 g/mol. The third kappa shape index (κ3) is 3.48. The third-order valence-corrected chi connectivity index (χ3v) is 3.07. The van der Waals surface area contributed by atoms with Gasteiger partial charge in [-0.25, -0.2) is 0 Å². The zero-order valence-corrected chi connectivity index (χ0v) is 9.39. The van der Waals surface area contributed by atoms with E-state index in [0.29, 0.717) is 12.2 Å². The SMILES string of the molecule is C#CCC(CC)NC(=O)C1CSC(=O)N1. The molecule has 1 aliphatic heterocycles. The molecule has 1 saturated heterocycles. The summed E-state index contributed by atoms with van der Waals surface area (Å²) in [5, 5.41) is 5.27. The van der Waals surface area contributed by atoms with E-state index in [2.05, 4.69) is 16.6 Å². The Morgan fingerprint density at radius 2 is 2.60 bits per heavy atom. The van der Waals surface area contributed by atoms with Gasteiger partial charge in [-0.15, -0.1) is 12.3 Å². The molecule has 1 rings (SSSR count). The van der Waals surface area contributed by atoms with Crippen molar-refractivity contribution in [1.29, 1.82) is 0 Å². The van der Waals surface area contributed by atoms with E-state index in [-0.39, 0.29) is 17.2 Å². The normalized spacial score (nSPS) is 21.6. The molecule has 82 valence electrons. The lowest BCUT2D eigenvalue weighted by molar-refractivity contribution is -0.122. The van der Waals surface area contributed by atoms with Crippen LogP contribution in [-0.2, 0) is 4.79 Å². The molecule has 15 heavy (non-hydrogen) atoms. The summed E-state index contributed by atoms with van der Waals surface area (Å²) in [6.45, 7) is 1.96. The van der Waals surface area contributed by atoms with E-state index in [1.54, 1.807) is 0 Å². The van der Waals surface area contributed by atoms with Gasteiger partial charge in [0.25, 0.3) is 5.24 Å². The number of terminal acetylenes is 1. The van der Waals surface area contributed by atoms with Crippen molar-refractivity contribution in [2.24, 2.45) is 0 Å². The first-order chi connectivity index (χ1) is 7.17. The second kappa shape index (κ2) is 5.66. The molecule has 0 aromatic carbocycles. The van der Waals surface area contributed by atoms with Crippen LogP contribution in [0.25, 0.3) is 0 Å². The maximum absolute atomic E-state index is 11.6. The maximum Gasteiger partial charge on any atom is 0.279 e. The van der Waals surface area contributed by atoms with Gasteiger partial charge in [0.2, 0.25) is 5.91 Å². The maximum atomic E-state index is 11.6. The molecule has 0 bridgehead atoms. The molecule has 5 heteroatoms. The minimum atomic E-state index is -0.408. The fraction of sp³-hybridized carbons (Fsp3) is 0.600. The summed E-state index contributed by atoms with van der Waals surface area (Å²) < 4.78 is 0. The summed E-state index contributed by atoms with van der Waals surface area (Å²) in [5.41, 5.74) is 0. The summed E-state index contributed by atoms with van der Waals surface area (Å²) >= 11 is 1.13. The highest BCUT2D eigenvalue weighted by atomic mass is 32.2. The highest BCUT2D eigenvalue weighted by Crippen LogP contribution is 2.13. The van der Waals surface area contributed by atoms with Crippen molar-refractivity contribution in [1.82, 2.24) is 10.6 Å². The van der Waals surface area contributed by atoms with Gasteiger partial charge in [-0.3, -0.25) is 9.59 Å². The van der Waals surface area contributed by atoms with Crippen LogP contribution in [0.15, 0.2) is 0 Å². The van der Waals surface area contributed by atoms with Crippen LogP contribution in [-0.4, -0.2) is 29.0 Å². The second-order valence-corrected chi connectivity index (χ2v) is 4.31. The molecule has 2 N–H and O–H groups in total. The van der Waals surface area contributed by atoms with Crippen LogP contribution in [0, 0.1) is 12.3 Å². The predicted molar refractivity (Wildman–Crippen MR) is 60.4 cm³/mol. The molecule has 0 spiro atoms. The second-order valence-electron chi connectivity index (χ2n) is 3.32. The number of hydrogen-bond acceptors (Lipinski definition) is 3. The lowest BCUT2D eigenvalue weighted by Gasteiger charge is -2.16. The van der Waals surface area contributed by atoms with E-state index >= 15 is 0 Å². The van der Waals surface area contributed by atoms with Crippen molar-refractivity contribution in [3.8, 4) is 12.3 Å². The smallest absolute Gasteiger partial charge is 0.279 e. The summed E-state index contributed by atoms with van der Waals surface area (Å²) in [4.78, 5) is 22.5. The van der Waals surface area contributed by atoms with Crippen molar-refractivity contribution in [2.75, 3.05) is 5.75 Å².